The predicted octanol–water partition coefficient (Wildman–Crippen LogP) is 27.9. The van der Waals surface area contributed by atoms with Gasteiger partial charge in [-0.1, -0.05) is 216 Å². The SMILES string of the molecule is CC.CC.CC.CC.CC.CC.CC.CC.CC.Cc1cc2ccccc2cn1.Cc1cc2cccnc2cn1.Cc1ccc2ccccc2n1.Cc1ccc2cccnc2n1.Cc1ccc2ccncc2n1.Cc1ccc2cnccc2n1.Cc1ccc2ncccc2n1.Cc1cnc2ccccc2n1.Cc1ncc2ccccc2n1. The maximum absolute atomic E-state index is 4.38. The summed E-state index contributed by atoms with van der Waals surface area (Å²) in [6.07, 6.45) is 19.8. The van der Waals surface area contributed by atoms with Crippen LogP contribution in [-0.4, -0.2) is 79.7 Å². The van der Waals surface area contributed by atoms with Crippen LogP contribution in [0.4, 0.5) is 0 Å². The average Bonchev–Trinajstić information content (AvgIpc) is 0.931. The first-order valence-electron chi connectivity index (χ1n) is 41.1. The highest BCUT2D eigenvalue weighted by atomic mass is 14.9. The maximum Gasteiger partial charge on any atom is 0.159 e. The number of pyridine rings is 12. The topological polar surface area (TPSA) is 206 Å². The van der Waals surface area contributed by atoms with E-state index in [1.165, 1.54) is 16.2 Å². The van der Waals surface area contributed by atoms with E-state index in [1.807, 2.05) is 388 Å². The van der Waals surface area contributed by atoms with Crippen molar-refractivity contribution in [3.05, 3.63) is 338 Å². The number of nitrogens with zero attached hydrogens (tertiary/aromatic N) is 16. The van der Waals surface area contributed by atoms with E-state index >= 15 is 0 Å². The normalized spacial score (nSPS) is 9.15. The zero-order valence-electron chi connectivity index (χ0n) is 74.8. The van der Waals surface area contributed by atoms with Gasteiger partial charge in [-0.2, -0.15) is 0 Å². The van der Waals surface area contributed by atoms with Crippen LogP contribution in [0, 0.1) is 62.3 Å². The Balaban J connectivity index is 0.000000642. The Kier molecular flexibility index (Phi) is 54.7. The summed E-state index contributed by atoms with van der Waals surface area (Å²) < 4.78 is 0. The van der Waals surface area contributed by atoms with Crippen molar-refractivity contribution >= 4 is 98.4 Å². The summed E-state index contributed by atoms with van der Waals surface area (Å²) in [5, 5.41) is 9.26. The second kappa shape index (κ2) is 62.6. The van der Waals surface area contributed by atoms with Crippen LogP contribution >= 0.6 is 0 Å². The lowest BCUT2D eigenvalue weighted by Crippen LogP contribution is -1.86. The molecule has 0 amide bonds. The summed E-state index contributed by atoms with van der Waals surface area (Å²) in [7, 11) is 0. The molecule has 612 valence electrons. The van der Waals surface area contributed by atoms with Crippen molar-refractivity contribution in [3.63, 3.8) is 0 Å². The smallest absolute Gasteiger partial charge is 0.159 e. The average molecular weight is 1570 g/mol. The molecule has 0 bridgehead atoms. The molecule has 14 heterocycles. The lowest BCUT2D eigenvalue weighted by Gasteiger charge is -1.96. The fourth-order valence-electron chi connectivity index (χ4n) is 9.80. The third-order valence-corrected chi connectivity index (χ3v) is 14.8. The van der Waals surface area contributed by atoms with Gasteiger partial charge in [-0.25, -0.2) is 24.9 Å². The van der Waals surface area contributed by atoms with Crippen LogP contribution in [0.1, 0.15) is 176 Å². The van der Waals surface area contributed by atoms with Gasteiger partial charge in [0.1, 0.15) is 5.82 Å². The first-order valence-corrected chi connectivity index (χ1v) is 41.1. The molecule has 14 aromatic heterocycles. The van der Waals surface area contributed by atoms with Gasteiger partial charge in [-0.15, -0.1) is 0 Å². The minimum Gasteiger partial charge on any atom is -0.264 e. The lowest BCUT2D eigenvalue weighted by atomic mass is 10.1. The highest BCUT2D eigenvalue weighted by Gasteiger charge is 2.00. The molecule has 0 radical (unpaired) electrons. The number of hydrogen-bond donors (Lipinski definition) is 0. The van der Waals surface area contributed by atoms with Crippen LogP contribution in [0.5, 0.6) is 0 Å². The summed E-state index contributed by atoms with van der Waals surface area (Å²) in [4.78, 5) is 67.3. The molecule has 0 unspecified atom stereocenters. The van der Waals surface area contributed by atoms with Crippen LogP contribution in [0.3, 0.4) is 0 Å². The van der Waals surface area contributed by atoms with Crippen molar-refractivity contribution < 1.29 is 0 Å². The third-order valence-electron chi connectivity index (χ3n) is 14.8. The quantitative estimate of drug-likeness (QED) is 0.138. The molecule has 0 atom stereocenters. The van der Waals surface area contributed by atoms with E-state index in [0.717, 1.165) is 134 Å². The van der Waals surface area contributed by atoms with E-state index in [-0.39, 0.29) is 0 Å². The summed E-state index contributed by atoms with van der Waals surface area (Å²) in [6.45, 7) is 53.7. The van der Waals surface area contributed by atoms with Crippen LogP contribution in [-0.2, 0) is 0 Å². The summed E-state index contributed by atoms with van der Waals surface area (Å²) >= 11 is 0. The molecule has 4 aromatic carbocycles. The second-order valence-corrected chi connectivity index (χ2v) is 22.9. The largest absolute Gasteiger partial charge is 0.264 e. The van der Waals surface area contributed by atoms with Gasteiger partial charge in [-0.05, 0) is 195 Å². The van der Waals surface area contributed by atoms with Gasteiger partial charge in [0.2, 0.25) is 0 Å². The van der Waals surface area contributed by atoms with Gasteiger partial charge in [0, 0.05) is 133 Å². The zero-order valence-corrected chi connectivity index (χ0v) is 74.8. The Labute approximate surface area is 698 Å². The molecule has 18 aromatic rings. The van der Waals surface area contributed by atoms with E-state index < -0.39 is 0 Å². The van der Waals surface area contributed by atoms with Crippen molar-refractivity contribution in [3.8, 4) is 0 Å². The number of rotatable bonds is 0. The fraction of sp³-hybridized carbons (Fsp3) is 0.267. The molecule has 0 aliphatic heterocycles. The van der Waals surface area contributed by atoms with Crippen LogP contribution in [0.25, 0.3) is 98.4 Å². The van der Waals surface area contributed by atoms with Gasteiger partial charge >= 0.3 is 0 Å². The molecule has 0 aliphatic carbocycles. The van der Waals surface area contributed by atoms with Gasteiger partial charge in [-0.3, -0.25) is 54.8 Å². The van der Waals surface area contributed by atoms with Crippen LogP contribution in [0.2, 0.25) is 0 Å². The standard InChI is InChI=1S/2C10H9N.7C9H8N2.9C2H6/c1-8-6-9-4-2-3-5-10(9)7-11-8;1-8-6-7-9-4-2-3-5-10(9)11-8;1-7-2-3-8-6-10-5-4-9(8)11-7;1-7-2-3-8-4-5-10-6-9(8)11-7;1-7-4-5-8-9(11-7)3-2-6-10-8;1-7-4-5-8-3-2-6-10-9(8)11-7;1-7-5-8-3-2-4-10-9(8)6-11-7;1-7-10-6-8-4-2-3-5-9(8)11-7;1-7-6-10-8-4-2-3-5-9(8)11-7;9*1-2/h2*2-7H,1H3;7*2-6H,1H3;9*1-2H3. The van der Waals surface area contributed by atoms with Gasteiger partial charge in [0.05, 0.1) is 67.7 Å². The highest BCUT2D eigenvalue weighted by Crippen LogP contribution is 2.17. The molecule has 0 spiro atoms. The Morgan fingerprint density at radius 2 is 0.521 bits per heavy atom. The summed E-state index contributed by atoms with van der Waals surface area (Å²) in [5.41, 5.74) is 18.0. The molecule has 0 aliphatic rings. The van der Waals surface area contributed by atoms with Crippen molar-refractivity contribution in [1.82, 2.24) is 79.7 Å². The molecule has 117 heavy (non-hydrogen) atoms. The molecule has 0 saturated heterocycles. The molecule has 0 saturated carbocycles. The Hall–Kier alpha value is -12.8. The van der Waals surface area contributed by atoms with Crippen molar-refractivity contribution in [1.29, 1.82) is 0 Å². The van der Waals surface area contributed by atoms with Gasteiger partial charge < -0.3 is 0 Å². The van der Waals surface area contributed by atoms with E-state index in [0.29, 0.717) is 0 Å². The molecule has 18 rings (SSSR count). The minimum absolute atomic E-state index is 0.823. The molecule has 16 heteroatoms. The zero-order chi connectivity index (χ0) is 87.1. The van der Waals surface area contributed by atoms with E-state index in [4.69, 9.17) is 0 Å². The first-order chi connectivity index (χ1) is 57.2. The number of benzene rings is 4. The summed E-state index contributed by atoms with van der Waals surface area (Å²) in [5.74, 6) is 0.823. The second-order valence-electron chi connectivity index (χ2n) is 22.9. The highest BCUT2D eigenvalue weighted by molar-refractivity contribution is 5.83. The predicted molar refractivity (Wildman–Crippen MR) is 505 cm³/mol. The first kappa shape index (κ1) is 102. The van der Waals surface area contributed by atoms with E-state index in [1.54, 1.807) is 49.6 Å². The van der Waals surface area contributed by atoms with Crippen LogP contribution in [0.15, 0.2) is 287 Å². The lowest BCUT2D eigenvalue weighted by molar-refractivity contribution is 1.09. The monoisotopic (exact) mass is 1570 g/mol. The molecular formula is C101H128N16. The fourth-order valence-corrected chi connectivity index (χ4v) is 9.80. The Morgan fingerprint density at radius 1 is 0.162 bits per heavy atom. The summed E-state index contributed by atoms with van der Waals surface area (Å²) in [6, 6.07) is 72.1. The van der Waals surface area contributed by atoms with Gasteiger partial charge in [0.15, 0.2) is 5.65 Å². The number of aryl methyl sites for hydroxylation is 9. The molecule has 0 fully saturated rings. The maximum atomic E-state index is 4.38. The van der Waals surface area contributed by atoms with Crippen molar-refractivity contribution in [2.24, 2.45) is 0 Å². The number of fused-ring (bicyclic) bond motifs is 9. The molecule has 0 N–H and O–H groups in total. The molecular weight excluding hydrogens is 1440 g/mol. The minimum atomic E-state index is 0.823. The van der Waals surface area contributed by atoms with Crippen molar-refractivity contribution in [2.45, 2.75) is 187 Å². The van der Waals surface area contributed by atoms with Crippen LogP contribution < -0.4 is 0 Å². The number of hydrogen-bond acceptors (Lipinski definition) is 16. The van der Waals surface area contributed by atoms with E-state index in [9.17, 15) is 0 Å². The molecule has 16 nitrogen and oxygen atoms in total. The van der Waals surface area contributed by atoms with Gasteiger partial charge in [0.25, 0.3) is 0 Å². The number of para-hydroxylation sites is 4. The Bertz CT molecular complexity index is 4540. The van der Waals surface area contributed by atoms with Crippen molar-refractivity contribution in [2.75, 3.05) is 0 Å². The third kappa shape index (κ3) is 37.8. The Morgan fingerprint density at radius 3 is 1.13 bits per heavy atom. The number of aromatic nitrogens is 16. The van der Waals surface area contributed by atoms with E-state index in [2.05, 4.69) is 116 Å².